The van der Waals surface area contributed by atoms with E-state index in [1.165, 1.54) is 0 Å². The van der Waals surface area contributed by atoms with E-state index in [0.717, 1.165) is 45.6 Å². The van der Waals surface area contributed by atoms with Crippen LogP contribution in [0.3, 0.4) is 0 Å². The topological polar surface area (TPSA) is 64.0 Å². The molecule has 1 aliphatic carbocycles. The van der Waals surface area contributed by atoms with Crippen molar-refractivity contribution in [3.05, 3.63) is 0 Å². The highest BCUT2D eigenvalue weighted by Crippen LogP contribution is 2.33. The second-order valence-electron chi connectivity index (χ2n) is 6.00. The maximum absolute atomic E-state index is 10.7. The fourth-order valence-electron chi connectivity index (χ4n) is 3.41. The standard InChI is InChI=1S/C14H26N2O3/c1-2-15-7-9-16(10-8-15)12-3-5-14(19,6-4-12)11-13(17)18/h12,19H,2-11H2,1H3,(H,17,18). The number of aliphatic carboxylic acids is 1. The van der Waals surface area contributed by atoms with Gasteiger partial charge in [-0.15, -0.1) is 0 Å². The van der Waals surface area contributed by atoms with Crippen LogP contribution in [0.25, 0.3) is 0 Å². The molecule has 0 radical (unpaired) electrons. The number of carboxylic acids is 1. The van der Waals surface area contributed by atoms with E-state index in [2.05, 4.69) is 16.7 Å². The number of carboxylic acid groups (broad SMARTS) is 1. The molecule has 1 saturated carbocycles. The Morgan fingerprint density at radius 1 is 1.21 bits per heavy atom. The zero-order chi connectivity index (χ0) is 13.9. The first-order valence-electron chi connectivity index (χ1n) is 7.43. The Labute approximate surface area is 115 Å². The van der Waals surface area contributed by atoms with Crippen molar-refractivity contribution in [1.29, 1.82) is 0 Å². The summed E-state index contributed by atoms with van der Waals surface area (Å²) in [5.41, 5.74) is -0.965. The number of carbonyl (C=O) groups is 1. The molecule has 2 rings (SSSR count). The number of piperazine rings is 1. The minimum Gasteiger partial charge on any atom is -0.481 e. The summed E-state index contributed by atoms with van der Waals surface area (Å²) >= 11 is 0. The molecule has 2 N–H and O–H groups in total. The minimum atomic E-state index is -0.965. The van der Waals surface area contributed by atoms with E-state index < -0.39 is 11.6 Å². The van der Waals surface area contributed by atoms with E-state index in [1.807, 2.05) is 0 Å². The van der Waals surface area contributed by atoms with Gasteiger partial charge in [-0.2, -0.15) is 0 Å². The van der Waals surface area contributed by atoms with Crippen molar-refractivity contribution in [3.63, 3.8) is 0 Å². The summed E-state index contributed by atoms with van der Waals surface area (Å²) in [7, 11) is 0. The molecular weight excluding hydrogens is 244 g/mol. The van der Waals surface area contributed by atoms with Crippen molar-refractivity contribution in [3.8, 4) is 0 Å². The van der Waals surface area contributed by atoms with Crippen LogP contribution < -0.4 is 0 Å². The van der Waals surface area contributed by atoms with Crippen LogP contribution in [0.2, 0.25) is 0 Å². The zero-order valence-corrected chi connectivity index (χ0v) is 11.8. The van der Waals surface area contributed by atoms with E-state index in [9.17, 15) is 9.90 Å². The van der Waals surface area contributed by atoms with Gasteiger partial charge in [0.05, 0.1) is 12.0 Å². The number of nitrogens with zero attached hydrogens (tertiary/aromatic N) is 2. The Morgan fingerprint density at radius 3 is 2.26 bits per heavy atom. The van der Waals surface area contributed by atoms with E-state index in [-0.39, 0.29) is 6.42 Å². The molecule has 0 aromatic carbocycles. The Hall–Kier alpha value is -0.650. The molecule has 19 heavy (non-hydrogen) atoms. The first-order chi connectivity index (χ1) is 9.02. The molecule has 110 valence electrons. The molecular formula is C14H26N2O3. The summed E-state index contributed by atoms with van der Waals surface area (Å²) in [5, 5.41) is 19.1. The van der Waals surface area contributed by atoms with Crippen LogP contribution in [0.4, 0.5) is 0 Å². The molecule has 0 amide bonds. The lowest BCUT2D eigenvalue weighted by molar-refractivity contribution is -0.144. The summed E-state index contributed by atoms with van der Waals surface area (Å²) in [6.07, 6.45) is 2.99. The van der Waals surface area contributed by atoms with Gasteiger partial charge in [-0.05, 0) is 32.2 Å². The molecule has 0 aromatic rings. The molecule has 2 aliphatic rings. The molecule has 1 saturated heterocycles. The van der Waals surface area contributed by atoms with Gasteiger partial charge in [0.15, 0.2) is 0 Å². The summed E-state index contributed by atoms with van der Waals surface area (Å²) < 4.78 is 0. The van der Waals surface area contributed by atoms with E-state index >= 15 is 0 Å². The highest BCUT2D eigenvalue weighted by molar-refractivity contribution is 5.68. The lowest BCUT2D eigenvalue weighted by atomic mass is 9.79. The molecule has 0 atom stereocenters. The lowest BCUT2D eigenvalue weighted by Gasteiger charge is -2.43. The molecule has 1 heterocycles. The molecule has 2 fully saturated rings. The van der Waals surface area contributed by atoms with Crippen molar-refractivity contribution in [2.45, 2.75) is 50.7 Å². The van der Waals surface area contributed by atoms with Crippen LogP contribution in [0, 0.1) is 0 Å². The zero-order valence-electron chi connectivity index (χ0n) is 11.8. The molecule has 0 unspecified atom stereocenters. The number of hydrogen-bond acceptors (Lipinski definition) is 4. The van der Waals surface area contributed by atoms with Gasteiger partial charge in [-0.1, -0.05) is 6.92 Å². The number of aliphatic hydroxyl groups is 1. The third-order valence-corrected chi connectivity index (χ3v) is 4.74. The van der Waals surface area contributed by atoms with Crippen molar-refractivity contribution < 1.29 is 15.0 Å². The van der Waals surface area contributed by atoms with E-state index in [1.54, 1.807) is 0 Å². The Bertz CT molecular complexity index is 306. The van der Waals surface area contributed by atoms with E-state index in [0.29, 0.717) is 18.9 Å². The summed E-state index contributed by atoms with van der Waals surface area (Å²) in [6, 6.07) is 0.535. The third-order valence-electron chi connectivity index (χ3n) is 4.74. The monoisotopic (exact) mass is 270 g/mol. The second kappa shape index (κ2) is 6.20. The van der Waals surface area contributed by atoms with Gasteiger partial charge >= 0.3 is 5.97 Å². The van der Waals surface area contributed by atoms with Gasteiger partial charge in [0.25, 0.3) is 0 Å². The maximum atomic E-state index is 10.7. The smallest absolute Gasteiger partial charge is 0.306 e. The lowest BCUT2D eigenvalue weighted by Crippen LogP contribution is -2.52. The van der Waals surface area contributed by atoms with Gasteiger partial charge in [-0.25, -0.2) is 0 Å². The Morgan fingerprint density at radius 2 is 1.79 bits per heavy atom. The fraction of sp³-hybridized carbons (Fsp3) is 0.929. The number of rotatable bonds is 4. The van der Waals surface area contributed by atoms with Gasteiger partial charge in [0.2, 0.25) is 0 Å². The van der Waals surface area contributed by atoms with Crippen LogP contribution >= 0.6 is 0 Å². The van der Waals surface area contributed by atoms with Gasteiger partial charge < -0.3 is 15.1 Å². The highest BCUT2D eigenvalue weighted by Gasteiger charge is 2.37. The van der Waals surface area contributed by atoms with Crippen LogP contribution in [0.5, 0.6) is 0 Å². The molecule has 0 bridgehead atoms. The molecule has 5 nitrogen and oxygen atoms in total. The summed E-state index contributed by atoms with van der Waals surface area (Å²) in [6.45, 7) is 7.80. The SMILES string of the molecule is CCN1CCN(C2CCC(O)(CC(=O)O)CC2)CC1. The normalized spacial score (nSPS) is 34.3. The van der Waals surface area contributed by atoms with Crippen LogP contribution in [-0.4, -0.2) is 70.3 Å². The predicted octanol–water partition coefficient (Wildman–Crippen LogP) is 0.772. The Balaban J connectivity index is 1.79. The van der Waals surface area contributed by atoms with Gasteiger partial charge in [0.1, 0.15) is 0 Å². The number of hydrogen-bond donors (Lipinski definition) is 2. The Kier molecular flexibility index (Phi) is 4.81. The molecule has 1 aliphatic heterocycles. The molecule has 0 spiro atoms. The van der Waals surface area contributed by atoms with Gasteiger partial charge in [-0.3, -0.25) is 9.69 Å². The average Bonchev–Trinajstić information content (AvgIpc) is 2.38. The first-order valence-corrected chi connectivity index (χ1v) is 7.43. The minimum absolute atomic E-state index is 0.108. The largest absolute Gasteiger partial charge is 0.481 e. The predicted molar refractivity (Wildman–Crippen MR) is 73.1 cm³/mol. The van der Waals surface area contributed by atoms with Crippen LogP contribution in [0.15, 0.2) is 0 Å². The quantitative estimate of drug-likeness (QED) is 0.790. The van der Waals surface area contributed by atoms with E-state index in [4.69, 9.17) is 5.11 Å². The first kappa shape index (κ1) is 14.8. The van der Waals surface area contributed by atoms with Crippen molar-refractivity contribution in [2.75, 3.05) is 32.7 Å². The van der Waals surface area contributed by atoms with Crippen molar-refractivity contribution in [2.24, 2.45) is 0 Å². The van der Waals surface area contributed by atoms with Gasteiger partial charge in [0, 0.05) is 32.2 Å². The molecule has 0 aromatic heterocycles. The van der Waals surface area contributed by atoms with Crippen molar-refractivity contribution >= 4 is 5.97 Å². The van der Waals surface area contributed by atoms with Crippen LogP contribution in [-0.2, 0) is 4.79 Å². The maximum Gasteiger partial charge on any atom is 0.306 e. The molecule has 5 heteroatoms. The highest BCUT2D eigenvalue weighted by atomic mass is 16.4. The average molecular weight is 270 g/mol. The third kappa shape index (κ3) is 3.91. The number of likely N-dealkylation sites (N-methyl/N-ethyl adjacent to an activating group) is 1. The summed E-state index contributed by atoms with van der Waals surface area (Å²) in [5.74, 6) is -0.891. The van der Waals surface area contributed by atoms with Crippen LogP contribution in [0.1, 0.15) is 39.0 Å². The fourth-order valence-corrected chi connectivity index (χ4v) is 3.41. The van der Waals surface area contributed by atoms with Crippen molar-refractivity contribution in [1.82, 2.24) is 9.80 Å². The summed E-state index contributed by atoms with van der Waals surface area (Å²) in [4.78, 5) is 15.7. The second-order valence-corrected chi connectivity index (χ2v) is 6.00.